The van der Waals surface area contributed by atoms with Gasteiger partial charge in [-0.15, -0.1) is 0 Å². The van der Waals surface area contributed by atoms with Gasteiger partial charge in [-0.3, -0.25) is 0 Å². The molecule has 0 aromatic heterocycles. The molecule has 0 aliphatic heterocycles. The zero-order valence-electron chi connectivity index (χ0n) is 42.2. The minimum Gasteiger partial charge on any atom is -0.489 e. The van der Waals surface area contributed by atoms with Gasteiger partial charge in [-0.1, -0.05) is 204 Å². The smallest absolute Gasteiger partial charge is 0.344 e. The van der Waals surface area contributed by atoms with Crippen LogP contribution in [0, 0.1) is 0 Å². The van der Waals surface area contributed by atoms with Crippen LogP contribution < -0.4 is 28.4 Å². The van der Waals surface area contributed by atoms with Gasteiger partial charge in [-0.2, -0.15) is 0 Å². The fraction of sp³-hybridized carbons (Fsp3) is 0.492. The van der Waals surface area contributed by atoms with Crippen molar-refractivity contribution in [3.8, 4) is 45.6 Å². The second kappa shape index (κ2) is 28.8. The molecule has 0 saturated heterocycles. The zero-order chi connectivity index (χ0) is 47.8. The van der Waals surface area contributed by atoms with Gasteiger partial charge in [-0.05, 0) is 77.6 Å². The molecule has 0 unspecified atom stereocenters. The molecule has 7 heteroatoms. The van der Waals surface area contributed by atoms with Crippen LogP contribution in [0.1, 0.15) is 173 Å². The number of benzene rings is 6. The van der Waals surface area contributed by atoms with E-state index in [0.29, 0.717) is 73.1 Å². The molecule has 0 aliphatic rings. The predicted molar refractivity (Wildman–Crippen MR) is 284 cm³/mol. The Bertz CT molecular complexity index is 2440. The zero-order valence-corrected chi connectivity index (χ0v) is 42.2. The number of hydrogen-bond acceptors (Lipinski definition) is 7. The molecular weight excluding hydrogens is 845 g/mol. The van der Waals surface area contributed by atoms with E-state index in [2.05, 4.69) is 65.0 Å². The largest absolute Gasteiger partial charge is 0.489 e. The van der Waals surface area contributed by atoms with E-state index in [1.54, 1.807) is 0 Å². The summed E-state index contributed by atoms with van der Waals surface area (Å²) in [7, 11) is 0. The number of fused-ring (bicyclic) bond motifs is 6. The molecule has 0 spiro atoms. The average molecular weight is 925 g/mol. The molecular formula is C61H80O7. The van der Waals surface area contributed by atoms with Crippen LogP contribution in [0.3, 0.4) is 0 Å². The van der Waals surface area contributed by atoms with E-state index in [9.17, 15) is 4.79 Å². The summed E-state index contributed by atoms with van der Waals surface area (Å²) in [5.41, 5.74) is 2.22. The number of carbonyl (C=O) groups excluding carboxylic acids is 1. The van der Waals surface area contributed by atoms with Gasteiger partial charge in [-0.25, -0.2) is 4.79 Å². The molecule has 7 nitrogen and oxygen atoms in total. The van der Waals surface area contributed by atoms with E-state index in [-0.39, 0.29) is 0 Å². The molecule has 68 heavy (non-hydrogen) atoms. The topological polar surface area (TPSA) is 72.5 Å². The van der Waals surface area contributed by atoms with Gasteiger partial charge < -0.3 is 28.4 Å². The Kier molecular flexibility index (Phi) is 22.0. The highest BCUT2D eigenvalue weighted by molar-refractivity contribution is 6.31. The van der Waals surface area contributed by atoms with Crippen LogP contribution >= 0.6 is 0 Å². The van der Waals surface area contributed by atoms with E-state index < -0.39 is 5.97 Å². The van der Waals surface area contributed by atoms with Crippen LogP contribution in [0.4, 0.5) is 0 Å². The number of ether oxygens (including phenoxy) is 6. The second-order valence-corrected chi connectivity index (χ2v) is 18.3. The van der Waals surface area contributed by atoms with Crippen molar-refractivity contribution in [2.75, 3.05) is 33.0 Å². The molecule has 0 aliphatic carbocycles. The van der Waals surface area contributed by atoms with Crippen molar-refractivity contribution in [3.05, 3.63) is 96.6 Å². The van der Waals surface area contributed by atoms with E-state index in [4.69, 9.17) is 28.4 Å². The van der Waals surface area contributed by atoms with Gasteiger partial charge in [0.05, 0.1) is 38.6 Å². The predicted octanol–water partition coefficient (Wildman–Crippen LogP) is 17.8. The summed E-state index contributed by atoms with van der Waals surface area (Å²) in [5.74, 6) is 2.88. The molecule has 0 N–H and O–H groups in total. The summed E-state index contributed by atoms with van der Waals surface area (Å²) >= 11 is 0. The molecule has 0 heterocycles. The number of unbranched alkanes of at least 4 members (excludes halogenated alkanes) is 15. The number of carbonyl (C=O) groups is 1. The maximum Gasteiger partial charge on any atom is 0.344 e. The first-order valence-electron chi connectivity index (χ1n) is 26.6. The van der Waals surface area contributed by atoms with Gasteiger partial charge in [0, 0.05) is 16.2 Å². The Hall–Kier alpha value is -5.43. The highest BCUT2D eigenvalue weighted by atomic mass is 16.6. The van der Waals surface area contributed by atoms with Gasteiger partial charge in [0.25, 0.3) is 0 Å². The van der Waals surface area contributed by atoms with Crippen LogP contribution in [0.2, 0.25) is 0 Å². The third-order valence-electron chi connectivity index (χ3n) is 12.8. The van der Waals surface area contributed by atoms with Gasteiger partial charge >= 0.3 is 5.97 Å². The summed E-state index contributed by atoms with van der Waals surface area (Å²) < 4.78 is 42.0. The minimum absolute atomic E-state index is 0.353. The molecule has 0 atom stereocenters. The fourth-order valence-electron chi connectivity index (χ4n) is 9.09. The van der Waals surface area contributed by atoms with Crippen molar-refractivity contribution < 1.29 is 33.2 Å². The quantitative estimate of drug-likeness (QED) is 0.0176. The standard InChI is InChI=1S/C61H80O7/c1-6-11-16-28-41-63-56-52(68-61(62)51-38-27-24-35-47(51)46-33-22-21-23-34-46)40-39-50-48-36-25-26-37-49(48)54-55(53(50)56)58(65-43-30-18-13-8-3)60(67-45-32-20-15-10-5)59(66-44-31-19-14-9-4)57(54)64-42-29-17-12-7-2/h21-27,33-40H,6-20,28-32,41-45H2,1-5H3. The lowest BCUT2D eigenvalue weighted by Gasteiger charge is -2.26. The first kappa shape index (κ1) is 52.0. The summed E-state index contributed by atoms with van der Waals surface area (Å²) in [6.07, 6.45) is 21.1. The van der Waals surface area contributed by atoms with E-state index >= 15 is 0 Å². The minimum atomic E-state index is -0.455. The molecule has 366 valence electrons. The van der Waals surface area contributed by atoms with Crippen molar-refractivity contribution in [1.82, 2.24) is 0 Å². The lowest BCUT2D eigenvalue weighted by molar-refractivity contribution is 0.0729. The highest BCUT2D eigenvalue weighted by Gasteiger charge is 2.31. The first-order chi connectivity index (χ1) is 33.6. The third kappa shape index (κ3) is 13.9. The second-order valence-electron chi connectivity index (χ2n) is 18.3. The maximum absolute atomic E-state index is 14.6. The molecule has 0 fully saturated rings. The Labute approximate surface area is 408 Å². The SMILES string of the molecule is CCCCCCOc1c(OCCCCCC)c(OCCCCCC)c2c3c(OCCCCCC)c(OC(=O)c4ccccc4-c4ccccc4)ccc3c3ccccc3c2c1OCCCCCC. The number of hydrogen-bond donors (Lipinski definition) is 0. The van der Waals surface area contributed by atoms with Crippen LogP contribution in [0.5, 0.6) is 34.5 Å². The summed E-state index contributed by atoms with van der Waals surface area (Å²) in [6.45, 7) is 13.7. The lowest BCUT2D eigenvalue weighted by Crippen LogP contribution is -2.12. The average Bonchev–Trinajstić information content (AvgIpc) is 3.37. The Morgan fingerprint density at radius 1 is 0.353 bits per heavy atom. The van der Waals surface area contributed by atoms with Gasteiger partial charge in [0.2, 0.25) is 11.5 Å². The molecule has 6 rings (SSSR count). The normalized spacial score (nSPS) is 11.4. The highest BCUT2D eigenvalue weighted by Crippen LogP contribution is 2.58. The van der Waals surface area contributed by atoms with Crippen LogP contribution in [0.25, 0.3) is 43.4 Å². The molecule has 0 radical (unpaired) electrons. The van der Waals surface area contributed by atoms with Gasteiger partial charge in [0.1, 0.15) is 0 Å². The van der Waals surface area contributed by atoms with E-state index in [1.807, 2.05) is 60.7 Å². The van der Waals surface area contributed by atoms with Crippen molar-refractivity contribution in [2.24, 2.45) is 0 Å². The summed E-state index contributed by atoms with van der Waals surface area (Å²) in [4.78, 5) is 14.6. The van der Waals surface area contributed by atoms with E-state index in [1.165, 1.54) is 0 Å². The van der Waals surface area contributed by atoms with Crippen molar-refractivity contribution >= 4 is 38.3 Å². The Balaban J connectivity index is 1.68. The third-order valence-corrected chi connectivity index (χ3v) is 12.8. The number of esters is 1. The monoisotopic (exact) mass is 925 g/mol. The summed E-state index contributed by atoms with van der Waals surface area (Å²) in [5, 5.41) is 5.54. The van der Waals surface area contributed by atoms with E-state index in [0.717, 1.165) is 172 Å². The van der Waals surface area contributed by atoms with Crippen LogP contribution in [-0.4, -0.2) is 39.0 Å². The van der Waals surface area contributed by atoms with Crippen molar-refractivity contribution in [2.45, 2.75) is 163 Å². The molecule has 6 aromatic rings. The summed E-state index contributed by atoms with van der Waals surface area (Å²) in [6, 6.07) is 30.1. The maximum atomic E-state index is 14.6. The lowest BCUT2D eigenvalue weighted by atomic mass is 9.91. The molecule has 0 saturated carbocycles. The van der Waals surface area contributed by atoms with Crippen LogP contribution in [-0.2, 0) is 0 Å². The Morgan fingerprint density at radius 2 is 0.750 bits per heavy atom. The molecule has 0 bridgehead atoms. The van der Waals surface area contributed by atoms with Crippen molar-refractivity contribution in [1.29, 1.82) is 0 Å². The number of rotatable bonds is 33. The Morgan fingerprint density at radius 3 is 1.26 bits per heavy atom. The first-order valence-corrected chi connectivity index (χ1v) is 26.6. The van der Waals surface area contributed by atoms with Crippen LogP contribution in [0.15, 0.2) is 91.0 Å². The molecule has 0 amide bonds. The van der Waals surface area contributed by atoms with Gasteiger partial charge in [0.15, 0.2) is 23.0 Å². The van der Waals surface area contributed by atoms with Crippen molar-refractivity contribution in [3.63, 3.8) is 0 Å². The fourth-order valence-corrected chi connectivity index (χ4v) is 9.09. The molecule has 6 aromatic carbocycles.